The van der Waals surface area contributed by atoms with E-state index in [1.807, 2.05) is 12.1 Å². The zero-order valence-corrected chi connectivity index (χ0v) is 16.8. The van der Waals surface area contributed by atoms with Gasteiger partial charge in [-0.1, -0.05) is 48.9 Å². The zero-order valence-electron chi connectivity index (χ0n) is 16.0. The van der Waals surface area contributed by atoms with Crippen molar-refractivity contribution in [2.24, 2.45) is 0 Å². The van der Waals surface area contributed by atoms with E-state index in [-0.39, 0.29) is 0 Å². The lowest BCUT2D eigenvalue weighted by Crippen LogP contribution is -2.37. The molecule has 1 aromatic heterocycles. The van der Waals surface area contributed by atoms with Crippen LogP contribution >= 0.6 is 11.6 Å². The molecule has 2 aromatic carbocycles. The number of rotatable bonds is 7. The van der Waals surface area contributed by atoms with E-state index in [0.29, 0.717) is 6.04 Å². The predicted octanol–water partition coefficient (Wildman–Crippen LogP) is 4.92. The summed E-state index contributed by atoms with van der Waals surface area (Å²) in [5.41, 5.74) is 3.94. The minimum Gasteiger partial charge on any atom is -0.343 e. The van der Waals surface area contributed by atoms with Crippen molar-refractivity contribution < 1.29 is 0 Å². The number of hydrogen-bond donors (Lipinski definition) is 1. The molecule has 3 nitrogen and oxygen atoms in total. The first-order valence-electron chi connectivity index (χ1n) is 10.0. The van der Waals surface area contributed by atoms with Crippen LogP contribution in [-0.2, 0) is 13.1 Å². The third-order valence-corrected chi connectivity index (χ3v) is 5.99. The highest BCUT2D eigenvalue weighted by Gasteiger charge is 2.22. The summed E-state index contributed by atoms with van der Waals surface area (Å²) in [6, 6.07) is 17.5. The molecule has 1 N–H and O–H groups in total. The molecular formula is C23H28ClN3. The van der Waals surface area contributed by atoms with Crippen LogP contribution in [-0.4, -0.2) is 35.1 Å². The lowest BCUT2D eigenvalue weighted by atomic mass is 10.1. The molecule has 1 fully saturated rings. The van der Waals surface area contributed by atoms with Gasteiger partial charge < -0.3 is 9.88 Å². The van der Waals surface area contributed by atoms with Crippen molar-refractivity contribution in [3.05, 3.63) is 70.9 Å². The first-order chi connectivity index (χ1) is 13.2. The Morgan fingerprint density at radius 1 is 1.11 bits per heavy atom. The molecule has 2 heterocycles. The molecule has 0 radical (unpaired) electrons. The summed E-state index contributed by atoms with van der Waals surface area (Å²) < 4.78 is 2.35. The van der Waals surface area contributed by atoms with E-state index in [2.05, 4.69) is 64.3 Å². The van der Waals surface area contributed by atoms with Crippen LogP contribution in [0.25, 0.3) is 10.9 Å². The number of halogens is 1. The van der Waals surface area contributed by atoms with Gasteiger partial charge in [-0.25, -0.2) is 0 Å². The third-order valence-electron chi connectivity index (χ3n) is 5.74. The highest BCUT2D eigenvalue weighted by atomic mass is 35.5. The SMILES string of the molecule is CCN1CCC[C@@H]1CNCc1cn(Cc2ccc(Cl)cc2)c2ccccc12. The monoisotopic (exact) mass is 381 g/mol. The first kappa shape index (κ1) is 18.5. The summed E-state index contributed by atoms with van der Waals surface area (Å²) in [6.07, 6.45) is 4.96. The van der Waals surface area contributed by atoms with E-state index in [1.54, 1.807) is 0 Å². The molecule has 0 spiro atoms. The van der Waals surface area contributed by atoms with Crippen molar-refractivity contribution in [3.63, 3.8) is 0 Å². The highest BCUT2D eigenvalue weighted by molar-refractivity contribution is 6.30. The van der Waals surface area contributed by atoms with Crippen LogP contribution in [0.15, 0.2) is 54.7 Å². The summed E-state index contributed by atoms with van der Waals surface area (Å²) in [5.74, 6) is 0. The quantitative estimate of drug-likeness (QED) is 0.627. The summed E-state index contributed by atoms with van der Waals surface area (Å²) >= 11 is 6.03. The topological polar surface area (TPSA) is 20.2 Å². The summed E-state index contributed by atoms with van der Waals surface area (Å²) in [7, 11) is 0. The van der Waals surface area contributed by atoms with E-state index in [4.69, 9.17) is 11.6 Å². The lowest BCUT2D eigenvalue weighted by molar-refractivity contribution is 0.260. The fourth-order valence-corrected chi connectivity index (χ4v) is 4.42. The lowest BCUT2D eigenvalue weighted by Gasteiger charge is -2.22. The predicted molar refractivity (Wildman–Crippen MR) is 114 cm³/mol. The number of para-hydroxylation sites is 1. The van der Waals surface area contributed by atoms with Crippen LogP contribution in [0.4, 0.5) is 0 Å². The van der Waals surface area contributed by atoms with E-state index in [1.165, 1.54) is 41.4 Å². The standard InChI is InChI=1S/C23H28ClN3/c1-2-26-13-5-6-21(26)15-25-14-19-17-27(23-8-4-3-7-22(19)23)16-18-9-11-20(24)12-10-18/h3-4,7-12,17,21,25H,2,5-6,13-16H2,1H3/t21-/m1/s1. The van der Waals surface area contributed by atoms with E-state index >= 15 is 0 Å². The van der Waals surface area contributed by atoms with Crippen molar-refractivity contribution in [2.45, 2.75) is 38.9 Å². The van der Waals surface area contributed by atoms with Crippen molar-refractivity contribution in [1.29, 1.82) is 0 Å². The Hall–Kier alpha value is -1.81. The molecule has 1 saturated heterocycles. The number of hydrogen-bond acceptors (Lipinski definition) is 2. The van der Waals surface area contributed by atoms with Gasteiger partial charge in [-0.05, 0) is 55.3 Å². The van der Waals surface area contributed by atoms with Gasteiger partial charge in [0, 0.05) is 47.8 Å². The maximum atomic E-state index is 6.03. The van der Waals surface area contributed by atoms with Crippen LogP contribution in [0.5, 0.6) is 0 Å². The summed E-state index contributed by atoms with van der Waals surface area (Å²) in [5, 5.41) is 5.84. The van der Waals surface area contributed by atoms with Gasteiger partial charge in [-0.2, -0.15) is 0 Å². The normalized spacial score (nSPS) is 17.8. The van der Waals surface area contributed by atoms with Gasteiger partial charge in [0.1, 0.15) is 0 Å². The number of benzene rings is 2. The molecule has 0 saturated carbocycles. The van der Waals surface area contributed by atoms with Gasteiger partial charge >= 0.3 is 0 Å². The number of likely N-dealkylation sites (N-methyl/N-ethyl adjacent to an activating group) is 1. The Morgan fingerprint density at radius 3 is 2.74 bits per heavy atom. The average Bonchev–Trinajstić information content (AvgIpc) is 3.29. The van der Waals surface area contributed by atoms with Crippen LogP contribution in [0.1, 0.15) is 30.9 Å². The Labute approximate surface area is 166 Å². The Balaban J connectivity index is 1.48. The molecule has 0 bridgehead atoms. The third kappa shape index (κ3) is 4.21. The van der Waals surface area contributed by atoms with E-state index in [9.17, 15) is 0 Å². The molecule has 27 heavy (non-hydrogen) atoms. The van der Waals surface area contributed by atoms with Gasteiger partial charge in [0.15, 0.2) is 0 Å². The molecule has 4 heteroatoms. The summed E-state index contributed by atoms with van der Waals surface area (Å²) in [6.45, 7) is 7.54. The second-order valence-corrected chi connectivity index (χ2v) is 7.92. The van der Waals surface area contributed by atoms with Gasteiger partial charge in [0.25, 0.3) is 0 Å². The molecule has 1 aliphatic rings. The fourth-order valence-electron chi connectivity index (χ4n) is 4.30. The Morgan fingerprint density at radius 2 is 1.93 bits per heavy atom. The van der Waals surface area contributed by atoms with Crippen LogP contribution in [0.3, 0.4) is 0 Å². The van der Waals surface area contributed by atoms with Crippen molar-refractivity contribution in [2.75, 3.05) is 19.6 Å². The van der Waals surface area contributed by atoms with Crippen LogP contribution < -0.4 is 5.32 Å². The van der Waals surface area contributed by atoms with Crippen molar-refractivity contribution >= 4 is 22.5 Å². The fraction of sp³-hybridized carbons (Fsp3) is 0.391. The largest absolute Gasteiger partial charge is 0.343 e. The average molecular weight is 382 g/mol. The first-order valence-corrected chi connectivity index (χ1v) is 10.4. The number of likely N-dealkylation sites (tertiary alicyclic amines) is 1. The number of nitrogens with zero attached hydrogens (tertiary/aromatic N) is 2. The Kier molecular flexibility index (Phi) is 5.82. The maximum Gasteiger partial charge on any atom is 0.0486 e. The molecular weight excluding hydrogens is 354 g/mol. The molecule has 4 rings (SSSR count). The van der Waals surface area contributed by atoms with Crippen molar-refractivity contribution in [3.8, 4) is 0 Å². The number of nitrogens with one attached hydrogen (secondary N) is 1. The minimum atomic E-state index is 0.692. The minimum absolute atomic E-state index is 0.692. The molecule has 1 atom stereocenters. The van der Waals surface area contributed by atoms with Gasteiger partial charge in [-0.3, -0.25) is 4.90 Å². The van der Waals surface area contributed by atoms with Crippen LogP contribution in [0.2, 0.25) is 5.02 Å². The second kappa shape index (κ2) is 8.47. The number of fused-ring (bicyclic) bond motifs is 1. The maximum absolute atomic E-state index is 6.03. The smallest absolute Gasteiger partial charge is 0.0486 e. The number of aromatic nitrogens is 1. The molecule has 0 amide bonds. The zero-order chi connectivity index (χ0) is 18.6. The van der Waals surface area contributed by atoms with E-state index in [0.717, 1.165) is 31.2 Å². The van der Waals surface area contributed by atoms with Crippen LogP contribution in [0, 0.1) is 0 Å². The van der Waals surface area contributed by atoms with Gasteiger partial charge in [0.2, 0.25) is 0 Å². The van der Waals surface area contributed by atoms with Gasteiger partial charge in [-0.15, -0.1) is 0 Å². The molecule has 1 aliphatic heterocycles. The molecule has 3 aromatic rings. The molecule has 0 unspecified atom stereocenters. The Bertz CT molecular complexity index is 884. The van der Waals surface area contributed by atoms with Crippen molar-refractivity contribution in [1.82, 2.24) is 14.8 Å². The second-order valence-electron chi connectivity index (χ2n) is 7.48. The van der Waals surface area contributed by atoms with Gasteiger partial charge in [0.05, 0.1) is 0 Å². The molecule has 0 aliphatic carbocycles. The summed E-state index contributed by atoms with van der Waals surface area (Å²) in [4.78, 5) is 2.59. The van der Waals surface area contributed by atoms with E-state index < -0.39 is 0 Å². The highest BCUT2D eigenvalue weighted by Crippen LogP contribution is 2.23. The molecule has 142 valence electrons.